The summed E-state index contributed by atoms with van der Waals surface area (Å²) in [7, 11) is 0. The van der Waals surface area contributed by atoms with Crippen LogP contribution in [-0.2, 0) is 23.6 Å². The Bertz CT molecular complexity index is 622. The van der Waals surface area contributed by atoms with Crippen LogP contribution in [0.5, 0.6) is 11.5 Å². The number of hydrogen-bond donors (Lipinski definition) is 2. The molecule has 2 aliphatic rings. The van der Waals surface area contributed by atoms with Gasteiger partial charge in [0, 0.05) is 18.2 Å². The molecule has 6 heteroatoms. The molecule has 2 saturated carbocycles. The Morgan fingerprint density at radius 3 is 1.92 bits per heavy atom. The van der Waals surface area contributed by atoms with E-state index in [0.717, 1.165) is 17.2 Å². The molecule has 5 nitrogen and oxygen atoms in total. The molecule has 1 aromatic heterocycles. The average molecular weight is 375 g/mol. The molecule has 126 valence electrons. The van der Waals surface area contributed by atoms with E-state index in [-0.39, 0.29) is 28.6 Å². The molecule has 0 bridgehead atoms. The van der Waals surface area contributed by atoms with Gasteiger partial charge in [-0.3, -0.25) is 0 Å². The second kappa shape index (κ2) is 9.83. The van der Waals surface area contributed by atoms with Gasteiger partial charge in [-0.1, -0.05) is 5.21 Å². The normalized spacial score (nSPS) is 17.0. The number of phenolic OH excluding ortho intramolecular Hbond substituents is 2. The zero-order valence-electron chi connectivity index (χ0n) is 13.3. The van der Waals surface area contributed by atoms with Crippen LogP contribution in [0.1, 0.15) is 11.3 Å². The molecule has 2 aliphatic carbocycles. The fourth-order valence-electron chi connectivity index (χ4n) is 2.31. The molecule has 2 N–H and O–H groups in total. The van der Waals surface area contributed by atoms with Crippen molar-refractivity contribution >= 4 is 0 Å². The number of aromatic nitrogens is 3. The number of rotatable bonds is 3. The quantitative estimate of drug-likeness (QED) is 0.809. The van der Waals surface area contributed by atoms with Gasteiger partial charge in [-0.15, -0.1) is 5.10 Å². The molecule has 0 atom stereocenters. The summed E-state index contributed by atoms with van der Waals surface area (Å²) in [6.45, 7) is 0.440. The molecule has 0 aliphatic heterocycles. The summed E-state index contributed by atoms with van der Waals surface area (Å²) in [6.07, 6.45) is 19.7. The Morgan fingerprint density at radius 1 is 0.800 bits per heavy atom. The fourth-order valence-corrected chi connectivity index (χ4v) is 2.31. The van der Waals surface area contributed by atoms with Crippen molar-refractivity contribution in [1.29, 1.82) is 0 Å². The van der Waals surface area contributed by atoms with Crippen molar-refractivity contribution in [2.75, 3.05) is 0 Å². The van der Waals surface area contributed by atoms with E-state index < -0.39 is 0 Å². The van der Waals surface area contributed by atoms with Gasteiger partial charge in [0.25, 0.3) is 0 Å². The first kappa shape index (κ1) is 19.8. The van der Waals surface area contributed by atoms with Gasteiger partial charge in [0.05, 0.1) is 12.2 Å². The first-order chi connectivity index (χ1) is 11.7. The minimum atomic E-state index is 0. The van der Waals surface area contributed by atoms with Crippen molar-refractivity contribution in [3.63, 3.8) is 0 Å². The van der Waals surface area contributed by atoms with Crippen LogP contribution >= 0.6 is 0 Å². The fraction of sp³-hybridized carbons (Fsp3) is 0.0526. The van der Waals surface area contributed by atoms with Crippen molar-refractivity contribution in [3.05, 3.63) is 99.4 Å². The number of nitrogens with zero attached hydrogens (tertiary/aromatic N) is 3. The van der Waals surface area contributed by atoms with Crippen LogP contribution in [0.3, 0.4) is 0 Å². The average Bonchev–Trinajstić information content (AvgIpc) is 3.31. The maximum atomic E-state index is 9.42. The predicted octanol–water partition coefficient (Wildman–Crippen LogP) is 2.51. The zero-order valence-corrected chi connectivity index (χ0v) is 14.4. The molecule has 4 rings (SSSR count). The van der Waals surface area contributed by atoms with Crippen LogP contribution in [0.2, 0.25) is 0 Å². The van der Waals surface area contributed by atoms with Crippen LogP contribution in [0, 0.1) is 63.7 Å². The van der Waals surface area contributed by atoms with Crippen molar-refractivity contribution in [3.8, 4) is 11.5 Å². The van der Waals surface area contributed by atoms with Gasteiger partial charge < -0.3 is 10.2 Å². The third-order valence-electron chi connectivity index (χ3n) is 3.36. The summed E-state index contributed by atoms with van der Waals surface area (Å²) in [5.74, 6) is 1.09. The molecule has 2 aromatic rings. The summed E-state index contributed by atoms with van der Waals surface area (Å²) in [5.41, 5.74) is 1.56. The van der Waals surface area contributed by atoms with E-state index >= 15 is 0 Å². The van der Waals surface area contributed by atoms with Crippen molar-refractivity contribution < 1.29 is 27.3 Å². The molecule has 2 fully saturated rings. The molecule has 25 heavy (non-hydrogen) atoms. The minimum absolute atomic E-state index is 0. The smallest absolute Gasteiger partial charge is 0.508 e. The van der Waals surface area contributed by atoms with E-state index in [4.69, 9.17) is 0 Å². The van der Waals surface area contributed by atoms with Crippen LogP contribution in [0.25, 0.3) is 0 Å². The Kier molecular flexibility index (Phi) is 7.79. The summed E-state index contributed by atoms with van der Waals surface area (Å²) in [5, 5.41) is 27.0. The number of phenols is 2. The van der Waals surface area contributed by atoms with E-state index in [1.165, 1.54) is 6.07 Å². The Labute approximate surface area is 159 Å². The van der Waals surface area contributed by atoms with Crippen molar-refractivity contribution in [2.45, 2.75) is 6.54 Å². The maximum Gasteiger partial charge on any atom is 2.00 e. The van der Waals surface area contributed by atoms with E-state index in [2.05, 4.69) is 10.3 Å². The first-order valence-electron chi connectivity index (χ1n) is 7.51. The monoisotopic (exact) mass is 375 g/mol. The van der Waals surface area contributed by atoms with E-state index in [0.29, 0.717) is 6.54 Å². The van der Waals surface area contributed by atoms with Gasteiger partial charge >= 0.3 is 17.1 Å². The summed E-state index contributed by atoms with van der Waals surface area (Å²) in [6, 6.07) is 4.47. The molecule has 0 saturated heterocycles. The second-order valence-corrected chi connectivity index (χ2v) is 5.29. The second-order valence-electron chi connectivity index (χ2n) is 5.29. The number of hydrogen-bond acceptors (Lipinski definition) is 4. The predicted molar refractivity (Wildman–Crippen MR) is 89.9 cm³/mol. The Balaban J connectivity index is 0.000000325. The van der Waals surface area contributed by atoms with Gasteiger partial charge in [0.2, 0.25) is 0 Å². The summed E-state index contributed by atoms with van der Waals surface area (Å²) >= 11 is 0. The molecule has 1 aromatic carbocycles. The SMILES string of the molecule is Oc1cc(O)cc(Cn2cc([C]3[CH][CH][CH][CH]3)nn2)c1.[CH]1[CH][CH][CH][CH]1.[Fe+2]. The molecular formula is C19H17FeN3O2+2. The molecule has 0 amide bonds. The number of aromatic hydroxyl groups is 2. The zero-order chi connectivity index (χ0) is 16.8. The molecule has 0 spiro atoms. The van der Waals surface area contributed by atoms with Gasteiger partial charge in [-0.25, -0.2) is 4.68 Å². The van der Waals surface area contributed by atoms with Gasteiger partial charge in [0.1, 0.15) is 11.5 Å². The maximum absolute atomic E-state index is 9.42. The van der Waals surface area contributed by atoms with Gasteiger partial charge in [0.15, 0.2) is 0 Å². The molecular weight excluding hydrogens is 358 g/mol. The summed E-state index contributed by atoms with van der Waals surface area (Å²) in [4.78, 5) is 0. The van der Waals surface area contributed by atoms with E-state index in [1.807, 2.05) is 64.0 Å². The van der Waals surface area contributed by atoms with Gasteiger partial charge in [-0.2, -0.15) is 0 Å². The van der Waals surface area contributed by atoms with E-state index in [1.54, 1.807) is 16.8 Å². The molecule has 10 radical (unpaired) electrons. The van der Waals surface area contributed by atoms with Crippen molar-refractivity contribution in [2.24, 2.45) is 0 Å². The standard InChI is InChI=1S/C14H12N3O2.C5H5.Fe/c18-12-5-10(6-13(19)7-12)8-17-9-14(15-16-17)11-3-1-2-4-11;1-2-4-5-3-1;/h1-7,9,18-19H,8H2;1-5H;/q;;+2. The van der Waals surface area contributed by atoms with Crippen LogP contribution in [0.4, 0.5) is 0 Å². The third kappa shape index (κ3) is 6.05. The minimum Gasteiger partial charge on any atom is -0.508 e. The van der Waals surface area contributed by atoms with Crippen LogP contribution in [0.15, 0.2) is 24.4 Å². The largest absolute Gasteiger partial charge is 2.00 e. The topological polar surface area (TPSA) is 71.2 Å². The Morgan fingerprint density at radius 2 is 1.36 bits per heavy atom. The van der Waals surface area contributed by atoms with Crippen LogP contribution in [-0.4, -0.2) is 25.2 Å². The third-order valence-corrected chi connectivity index (χ3v) is 3.36. The van der Waals surface area contributed by atoms with E-state index in [9.17, 15) is 10.2 Å². The number of benzene rings is 1. The molecule has 0 unspecified atom stereocenters. The Hall–Kier alpha value is -1.52. The first-order valence-corrected chi connectivity index (χ1v) is 7.51. The van der Waals surface area contributed by atoms with Crippen LogP contribution < -0.4 is 0 Å². The molecule has 1 heterocycles. The van der Waals surface area contributed by atoms with Crippen molar-refractivity contribution in [1.82, 2.24) is 15.0 Å². The van der Waals surface area contributed by atoms with Gasteiger partial charge in [-0.05, 0) is 75.5 Å². The summed E-state index contributed by atoms with van der Waals surface area (Å²) < 4.78 is 1.66.